The number of halogens is 1. The van der Waals surface area contributed by atoms with Crippen molar-refractivity contribution < 1.29 is 17.5 Å². The normalized spacial score (nSPS) is 18.8. The van der Waals surface area contributed by atoms with Gasteiger partial charge in [0, 0.05) is 50.9 Å². The van der Waals surface area contributed by atoms with Crippen LogP contribution < -0.4 is 9.80 Å². The van der Waals surface area contributed by atoms with E-state index in [1.54, 1.807) is 18.3 Å². The molecule has 0 spiro atoms. The van der Waals surface area contributed by atoms with E-state index in [0.717, 1.165) is 24.6 Å². The molecule has 0 atom stereocenters. The summed E-state index contributed by atoms with van der Waals surface area (Å²) in [4.78, 5) is 4.24. The second-order valence-electron chi connectivity index (χ2n) is 7.11. The quantitative estimate of drug-likeness (QED) is 0.715. The van der Waals surface area contributed by atoms with Crippen molar-refractivity contribution in [3.05, 3.63) is 47.9 Å². The molecule has 1 aromatic carbocycles. The van der Waals surface area contributed by atoms with Gasteiger partial charge in [0.1, 0.15) is 5.82 Å². The molecule has 0 N–H and O–H groups in total. The smallest absolute Gasteiger partial charge is 0.218 e. The lowest BCUT2D eigenvalue weighted by molar-refractivity contribution is 0.122. The van der Waals surface area contributed by atoms with Gasteiger partial charge in [-0.05, 0) is 6.07 Å². The van der Waals surface area contributed by atoms with E-state index in [-0.39, 0.29) is 11.3 Å². The first kappa shape index (κ1) is 20.0. The number of hydrogen-bond donors (Lipinski definition) is 0. The number of morpholine rings is 1. The lowest BCUT2D eigenvalue weighted by atomic mass is 10.2. The van der Waals surface area contributed by atoms with Crippen molar-refractivity contribution in [1.82, 2.24) is 14.5 Å². The SMILES string of the molecule is O=S(=O)(Cc1ccccc1F)N1CCN(c2cnnc(N3CCOCC3)c2)CC1. The van der Waals surface area contributed by atoms with Crippen molar-refractivity contribution in [2.24, 2.45) is 0 Å². The number of anilines is 2. The van der Waals surface area contributed by atoms with Gasteiger partial charge in [0.25, 0.3) is 0 Å². The fourth-order valence-corrected chi connectivity index (χ4v) is 5.12. The Balaban J connectivity index is 1.40. The Labute approximate surface area is 169 Å². The average Bonchev–Trinajstić information content (AvgIpc) is 2.76. The number of hydrogen-bond acceptors (Lipinski definition) is 7. The Morgan fingerprint density at radius 1 is 1.00 bits per heavy atom. The molecule has 8 nitrogen and oxygen atoms in total. The Morgan fingerprint density at radius 2 is 1.72 bits per heavy atom. The second-order valence-corrected chi connectivity index (χ2v) is 9.07. The van der Waals surface area contributed by atoms with E-state index < -0.39 is 15.8 Å². The first-order chi connectivity index (χ1) is 14.0. The molecule has 2 saturated heterocycles. The molecule has 2 aliphatic rings. The number of nitrogens with zero attached hydrogens (tertiary/aromatic N) is 5. The number of aromatic nitrogens is 2. The Hall–Kier alpha value is -2.30. The molecule has 0 unspecified atom stereocenters. The first-order valence-corrected chi connectivity index (χ1v) is 11.3. The number of rotatable bonds is 5. The van der Waals surface area contributed by atoms with Crippen LogP contribution in [0.15, 0.2) is 36.5 Å². The molecule has 2 aromatic rings. The van der Waals surface area contributed by atoms with Crippen molar-refractivity contribution in [2.45, 2.75) is 5.75 Å². The largest absolute Gasteiger partial charge is 0.378 e. The minimum absolute atomic E-state index is 0.198. The fourth-order valence-electron chi connectivity index (χ4n) is 3.59. The maximum atomic E-state index is 13.8. The van der Waals surface area contributed by atoms with Crippen LogP contribution in [-0.4, -0.2) is 75.4 Å². The van der Waals surface area contributed by atoms with Gasteiger partial charge in [-0.3, -0.25) is 0 Å². The minimum Gasteiger partial charge on any atom is -0.378 e. The van der Waals surface area contributed by atoms with Crippen LogP contribution in [0.2, 0.25) is 0 Å². The minimum atomic E-state index is -3.57. The van der Waals surface area contributed by atoms with E-state index in [2.05, 4.69) is 20.0 Å². The van der Waals surface area contributed by atoms with E-state index in [0.29, 0.717) is 39.4 Å². The third-order valence-electron chi connectivity index (χ3n) is 5.26. The van der Waals surface area contributed by atoms with Crippen LogP contribution in [0.1, 0.15) is 5.56 Å². The van der Waals surface area contributed by atoms with Gasteiger partial charge >= 0.3 is 0 Å². The van der Waals surface area contributed by atoms with Crippen LogP contribution in [0.3, 0.4) is 0 Å². The lowest BCUT2D eigenvalue weighted by Gasteiger charge is -2.35. The Bertz CT molecular complexity index is 944. The molecule has 0 radical (unpaired) electrons. The van der Waals surface area contributed by atoms with E-state index >= 15 is 0 Å². The highest BCUT2D eigenvalue weighted by Crippen LogP contribution is 2.22. The molecule has 10 heteroatoms. The Morgan fingerprint density at radius 3 is 2.45 bits per heavy atom. The zero-order valence-corrected chi connectivity index (χ0v) is 16.9. The van der Waals surface area contributed by atoms with Crippen LogP contribution in [0, 0.1) is 5.82 Å². The highest BCUT2D eigenvalue weighted by Gasteiger charge is 2.28. The monoisotopic (exact) mass is 421 g/mol. The summed E-state index contributed by atoms with van der Waals surface area (Å²) in [6.07, 6.45) is 1.70. The summed E-state index contributed by atoms with van der Waals surface area (Å²) >= 11 is 0. The summed E-state index contributed by atoms with van der Waals surface area (Å²) in [5.74, 6) is -0.00823. The highest BCUT2D eigenvalue weighted by molar-refractivity contribution is 7.88. The number of sulfonamides is 1. The maximum absolute atomic E-state index is 13.8. The lowest BCUT2D eigenvalue weighted by Crippen LogP contribution is -2.49. The zero-order chi connectivity index (χ0) is 20.3. The standard InChI is InChI=1S/C19H24FN5O3S/c20-18-4-2-1-3-16(18)15-29(26,27)25-7-5-23(6-8-25)17-13-19(22-21-14-17)24-9-11-28-12-10-24/h1-4,13-14H,5-12,15H2. The summed E-state index contributed by atoms with van der Waals surface area (Å²) in [5, 5.41) is 8.34. The van der Waals surface area contributed by atoms with Gasteiger partial charge in [0.15, 0.2) is 5.82 Å². The average molecular weight is 421 g/mol. The van der Waals surface area contributed by atoms with Crippen molar-refractivity contribution in [2.75, 3.05) is 62.3 Å². The van der Waals surface area contributed by atoms with Crippen molar-refractivity contribution in [3.63, 3.8) is 0 Å². The molecule has 4 rings (SSSR count). The first-order valence-electron chi connectivity index (χ1n) is 9.64. The third kappa shape index (κ3) is 4.65. The molecule has 0 amide bonds. The van der Waals surface area contributed by atoms with Crippen LogP contribution >= 0.6 is 0 Å². The molecular weight excluding hydrogens is 397 g/mol. The topological polar surface area (TPSA) is 78.9 Å². The van der Waals surface area contributed by atoms with Gasteiger partial charge in [-0.15, -0.1) is 5.10 Å². The van der Waals surface area contributed by atoms with Crippen LogP contribution in [-0.2, 0) is 20.5 Å². The fraction of sp³-hybridized carbons (Fsp3) is 0.474. The van der Waals surface area contributed by atoms with E-state index in [1.165, 1.54) is 16.4 Å². The van der Waals surface area contributed by atoms with Crippen molar-refractivity contribution >= 4 is 21.5 Å². The van der Waals surface area contributed by atoms with Gasteiger partial charge in [-0.25, -0.2) is 12.8 Å². The summed E-state index contributed by atoms with van der Waals surface area (Å²) in [5.41, 5.74) is 1.12. The molecule has 2 fully saturated rings. The summed E-state index contributed by atoms with van der Waals surface area (Å²) in [6.45, 7) is 4.70. The zero-order valence-electron chi connectivity index (χ0n) is 16.1. The Kier molecular flexibility index (Phi) is 5.93. The van der Waals surface area contributed by atoms with E-state index in [4.69, 9.17) is 4.74 Å². The van der Waals surface area contributed by atoms with Gasteiger partial charge in [-0.2, -0.15) is 9.40 Å². The molecular formula is C19H24FN5O3S. The highest BCUT2D eigenvalue weighted by atomic mass is 32.2. The van der Waals surface area contributed by atoms with Crippen LogP contribution in [0.5, 0.6) is 0 Å². The molecule has 3 heterocycles. The van der Waals surface area contributed by atoms with E-state index in [9.17, 15) is 12.8 Å². The van der Waals surface area contributed by atoms with E-state index in [1.807, 2.05) is 6.07 Å². The maximum Gasteiger partial charge on any atom is 0.218 e. The third-order valence-corrected chi connectivity index (χ3v) is 7.08. The summed E-state index contributed by atoms with van der Waals surface area (Å²) < 4.78 is 46.1. The van der Waals surface area contributed by atoms with Gasteiger partial charge in [0.05, 0.1) is 30.9 Å². The van der Waals surface area contributed by atoms with Crippen molar-refractivity contribution in [3.8, 4) is 0 Å². The molecule has 0 saturated carbocycles. The molecule has 2 aliphatic heterocycles. The van der Waals surface area contributed by atoms with Gasteiger partial charge in [0.2, 0.25) is 10.0 Å². The van der Waals surface area contributed by atoms with Crippen LogP contribution in [0.4, 0.5) is 15.9 Å². The van der Waals surface area contributed by atoms with Crippen molar-refractivity contribution in [1.29, 1.82) is 0 Å². The molecule has 0 bridgehead atoms. The number of piperazine rings is 1. The predicted octanol–water partition coefficient (Wildman–Crippen LogP) is 1.10. The van der Waals surface area contributed by atoms with Crippen LogP contribution in [0.25, 0.3) is 0 Å². The molecule has 1 aromatic heterocycles. The number of benzene rings is 1. The molecule has 0 aliphatic carbocycles. The predicted molar refractivity (Wildman–Crippen MR) is 108 cm³/mol. The molecule has 29 heavy (non-hydrogen) atoms. The van der Waals surface area contributed by atoms with Gasteiger partial charge < -0.3 is 14.5 Å². The molecule has 156 valence electrons. The summed E-state index contributed by atoms with van der Waals surface area (Å²) in [6, 6.07) is 7.98. The second kappa shape index (κ2) is 8.60. The van der Waals surface area contributed by atoms with Gasteiger partial charge in [-0.1, -0.05) is 18.2 Å². The summed E-state index contributed by atoms with van der Waals surface area (Å²) in [7, 11) is -3.57. The number of ether oxygens (including phenoxy) is 1.